The van der Waals surface area contributed by atoms with Gasteiger partial charge in [-0.25, -0.2) is 4.39 Å². The molecule has 2 atom stereocenters. The van der Waals surface area contributed by atoms with Gasteiger partial charge in [-0.05, 0) is 87.3 Å². The number of piperidine rings is 1. The smallest absolute Gasteiger partial charge is 0.228 e. The van der Waals surface area contributed by atoms with Gasteiger partial charge in [0.1, 0.15) is 11.6 Å². The van der Waals surface area contributed by atoms with Crippen molar-refractivity contribution >= 4 is 11.6 Å². The van der Waals surface area contributed by atoms with E-state index in [-0.39, 0.29) is 17.6 Å². The minimum Gasteiger partial charge on any atom is -0.497 e. The van der Waals surface area contributed by atoms with Crippen LogP contribution < -0.4 is 10.1 Å². The molecule has 0 bridgehead atoms. The van der Waals surface area contributed by atoms with Gasteiger partial charge in [-0.15, -0.1) is 0 Å². The normalized spacial score (nSPS) is 23.1. The maximum absolute atomic E-state index is 13.1. The Morgan fingerprint density at radius 3 is 2.42 bits per heavy atom. The fraction of sp³-hybridized carbons (Fsp3) is 0.480. The lowest BCUT2D eigenvalue weighted by Crippen LogP contribution is -2.41. The highest BCUT2D eigenvalue weighted by Gasteiger charge is 2.39. The van der Waals surface area contributed by atoms with Gasteiger partial charge in [0.25, 0.3) is 0 Å². The van der Waals surface area contributed by atoms with E-state index < -0.39 is 0 Å². The molecule has 2 aromatic rings. The molecular formula is C25H32FN3O2. The van der Waals surface area contributed by atoms with Gasteiger partial charge in [0.15, 0.2) is 0 Å². The first-order valence-corrected chi connectivity index (χ1v) is 11.1. The van der Waals surface area contributed by atoms with Crippen LogP contribution in [0.3, 0.4) is 0 Å². The van der Waals surface area contributed by atoms with Crippen molar-refractivity contribution in [2.45, 2.75) is 31.8 Å². The molecule has 4 rings (SSSR count). The Bertz CT molecular complexity index is 863. The molecule has 2 fully saturated rings. The van der Waals surface area contributed by atoms with Crippen molar-refractivity contribution < 1.29 is 13.9 Å². The van der Waals surface area contributed by atoms with Crippen LogP contribution in [0.15, 0.2) is 48.5 Å². The second-order valence-corrected chi connectivity index (χ2v) is 8.90. The zero-order valence-electron chi connectivity index (χ0n) is 18.4. The Hall–Kier alpha value is -2.44. The summed E-state index contributed by atoms with van der Waals surface area (Å²) in [7, 11) is 3.83. The van der Waals surface area contributed by atoms with E-state index in [1.165, 1.54) is 17.7 Å². The number of halogens is 1. The molecule has 2 unspecified atom stereocenters. The lowest BCUT2D eigenvalue weighted by molar-refractivity contribution is -0.119. The minimum absolute atomic E-state index is 0.0163. The van der Waals surface area contributed by atoms with Gasteiger partial charge in [0, 0.05) is 24.8 Å². The van der Waals surface area contributed by atoms with Crippen molar-refractivity contribution in [1.82, 2.24) is 9.80 Å². The first-order valence-electron chi connectivity index (χ1n) is 11.1. The third-order valence-corrected chi connectivity index (χ3v) is 6.82. The average molecular weight is 426 g/mol. The monoisotopic (exact) mass is 425 g/mol. The molecule has 166 valence electrons. The first-order chi connectivity index (χ1) is 15.0. The summed E-state index contributed by atoms with van der Waals surface area (Å²) in [5.74, 6) is 1.25. The highest BCUT2D eigenvalue weighted by atomic mass is 19.1. The number of methoxy groups -OCH3 is 1. The second-order valence-electron chi connectivity index (χ2n) is 8.90. The molecule has 6 heteroatoms. The molecule has 31 heavy (non-hydrogen) atoms. The summed E-state index contributed by atoms with van der Waals surface area (Å²) in [5.41, 5.74) is 1.97. The van der Waals surface area contributed by atoms with Gasteiger partial charge in [0.2, 0.25) is 5.91 Å². The standard InChI is InChI=1S/C25H32FN3O2/c1-28-17-20(25(30)27-22-7-5-21(26)6-8-22)15-24(28)19-11-13-29(14-12-19)16-18-3-9-23(31-2)10-4-18/h3-10,19-20,24H,11-17H2,1-2H3,(H,27,30). The quantitative estimate of drug-likeness (QED) is 0.760. The number of rotatable bonds is 6. The van der Waals surface area contributed by atoms with Crippen LogP contribution in [0.4, 0.5) is 10.1 Å². The Labute approximate surface area is 184 Å². The number of hydrogen-bond donors (Lipinski definition) is 1. The number of nitrogens with one attached hydrogen (secondary N) is 1. The summed E-state index contributed by atoms with van der Waals surface area (Å²) in [6.07, 6.45) is 3.22. The number of anilines is 1. The van der Waals surface area contributed by atoms with Crippen LogP contribution in [-0.4, -0.2) is 55.5 Å². The van der Waals surface area contributed by atoms with E-state index >= 15 is 0 Å². The van der Waals surface area contributed by atoms with Gasteiger partial charge in [-0.1, -0.05) is 12.1 Å². The number of amides is 1. The largest absolute Gasteiger partial charge is 0.497 e. The van der Waals surface area contributed by atoms with E-state index in [2.05, 4.69) is 34.3 Å². The van der Waals surface area contributed by atoms with Gasteiger partial charge >= 0.3 is 0 Å². The first kappa shape index (κ1) is 21.8. The highest BCUT2D eigenvalue weighted by Crippen LogP contribution is 2.33. The zero-order valence-corrected chi connectivity index (χ0v) is 18.4. The van der Waals surface area contributed by atoms with E-state index in [4.69, 9.17) is 4.74 Å². The molecule has 0 aliphatic carbocycles. The summed E-state index contributed by atoms with van der Waals surface area (Å²) in [5, 5.41) is 2.95. The summed E-state index contributed by atoms with van der Waals surface area (Å²) in [4.78, 5) is 17.6. The number of carbonyl (C=O) groups is 1. The predicted octanol–water partition coefficient (Wildman–Crippen LogP) is 4.01. The van der Waals surface area contributed by atoms with Crippen LogP contribution in [0.2, 0.25) is 0 Å². The van der Waals surface area contributed by atoms with Gasteiger partial charge in [-0.2, -0.15) is 0 Å². The van der Waals surface area contributed by atoms with Crippen LogP contribution >= 0.6 is 0 Å². The molecule has 0 spiro atoms. The molecule has 0 aromatic heterocycles. The summed E-state index contributed by atoms with van der Waals surface area (Å²) in [6.45, 7) is 3.94. The number of ether oxygens (including phenoxy) is 1. The number of hydrogen-bond acceptors (Lipinski definition) is 4. The number of likely N-dealkylation sites (tertiary alicyclic amines) is 2. The minimum atomic E-state index is -0.294. The van der Waals surface area contributed by atoms with E-state index in [1.54, 1.807) is 19.2 Å². The van der Waals surface area contributed by atoms with E-state index in [9.17, 15) is 9.18 Å². The summed E-state index contributed by atoms with van der Waals surface area (Å²) >= 11 is 0. The highest BCUT2D eigenvalue weighted by molar-refractivity contribution is 5.92. The molecular weight excluding hydrogens is 393 g/mol. The van der Waals surface area contributed by atoms with Crippen LogP contribution in [0.25, 0.3) is 0 Å². The van der Waals surface area contributed by atoms with Crippen molar-refractivity contribution in [3.8, 4) is 5.75 Å². The molecule has 2 aliphatic heterocycles. The third-order valence-electron chi connectivity index (χ3n) is 6.82. The SMILES string of the molecule is COc1ccc(CN2CCC(C3CC(C(=O)Nc4ccc(F)cc4)CN3C)CC2)cc1. The Kier molecular flexibility index (Phi) is 6.88. The van der Waals surface area contributed by atoms with E-state index in [1.807, 2.05) is 12.1 Å². The Morgan fingerprint density at radius 1 is 1.10 bits per heavy atom. The van der Waals surface area contributed by atoms with Gasteiger partial charge < -0.3 is 15.0 Å². The molecule has 0 saturated carbocycles. The number of nitrogens with zero attached hydrogens (tertiary/aromatic N) is 2. The second kappa shape index (κ2) is 9.79. The topological polar surface area (TPSA) is 44.8 Å². The van der Waals surface area contributed by atoms with Crippen molar-refractivity contribution in [3.63, 3.8) is 0 Å². The fourth-order valence-electron chi connectivity index (χ4n) is 5.03. The van der Waals surface area contributed by atoms with Gasteiger partial charge in [-0.3, -0.25) is 9.69 Å². The molecule has 2 aliphatic rings. The van der Waals surface area contributed by atoms with Crippen LogP contribution in [-0.2, 0) is 11.3 Å². The van der Waals surface area contributed by atoms with Crippen molar-refractivity contribution in [2.24, 2.45) is 11.8 Å². The maximum Gasteiger partial charge on any atom is 0.228 e. The number of carbonyl (C=O) groups excluding carboxylic acids is 1. The summed E-state index contributed by atoms with van der Waals surface area (Å²) < 4.78 is 18.3. The lowest BCUT2D eigenvalue weighted by Gasteiger charge is -2.37. The van der Waals surface area contributed by atoms with Crippen molar-refractivity contribution in [1.29, 1.82) is 0 Å². The number of benzene rings is 2. The lowest BCUT2D eigenvalue weighted by atomic mass is 9.86. The fourth-order valence-corrected chi connectivity index (χ4v) is 5.03. The Balaban J connectivity index is 1.26. The molecule has 1 N–H and O–H groups in total. The molecule has 5 nitrogen and oxygen atoms in total. The molecule has 2 heterocycles. The van der Waals surface area contributed by atoms with Gasteiger partial charge in [0.05, 0.1) is 13.0 Å². The van der Waals surface area contributed by atoms with Crippen LogP contribution in [0, 0.1) is 17.7 Å². The summed E-state index contributed by atoms with van der Waals surface area (Å²) in [6, 6.07) is 14.7. The molecule has 0 radical (unpaired) electrons. The molecule has 2 aromatic carbocycles. The molecule has 2 saturated heterocycles. The Morgan fingerprint density at radius 2 is 1.77 bits per heavy atom. The third kappa shape index (κ3) is 5.43. The molecule has 1 amide bonds. The van der Waals surface area contributed by atoms with Crippen LogP contribution in [0.1, 0.15) is 24.8 Å². The van der Waals surface area contributed by atoms with E-state index in [0.717, 1.165) is 51.2 Å². The maximum atomic E-state index is 13.1. The van der Waals surface area contributed by atoms with E-state index in [0.29, 0.717) is 17.6 Å². The average Bonchev–Trinajstić information content (AvgIpc) is 3.18. The van der Waals surface area contributed by atoms with Crippen molar-refractivity contribution in [3.05, 3.63) is 59.9 Å². The zero-order chi connectivity index (χ0) is 21.8. The van der Waals surface area contributed by atoms with Crippen molar-refractivity contribution in [2.75, 3.05) is 39.1 Å². The van der Waals surface area contributed by atoms with Crippen LogP contribution in [0.5, 0.6) is 5.75 Å². The predicted molar refractivity (Wildman–Crippen MR) is 121 cm³/mol.